The van der Waals surface area contributed by atoms with Crippen LogP contribution in [0.1, 0.15) is 21.5 Å². The molecule has 2 nitrogen and oxygen atoms in total. The van der Waals surface area contributed by atoms with Crippen molar-refractivity contribution in [1.82, 2.24) is 0 Å². The summed E-state index contributed by atoms with van der Waals surface area (Å²) in [6.07, 6.45) is 0.893. The second kappa shape index (κ2) is 4.27. The number of rotatable bonds is 2. The Morgan fingerprint density at radius 2 is 2.29 bits per heavy atom. The van der Waals surface area contributed by atoms with Crippen LogP contribution in [0.3, 0.4) is 0 Å². The Labute approximate surface area is 111 Å². The molecule has 0 amide bonds. The van der Waals surface area contributed by atoms with E-state index in [1.807, 2.05) is 29.6 Å². The van der Waals surface area contributed by atoms with Gasteiger partial charge in [0.25, 0.3) is 0 Å². The Balaban J connectivity index is 2.05. The van der Waals surface area contributed by atoms with Gasteiger partial charge in [-0.3, -0.25) is 4.79 Å². The normalized spacial score (nSPS) is 13.2. The van der Waals surface area contributed by atoms with Gasteiger partial charge in [0.15, 0.2) is 5.78 Å². The van der Waals surface area contributed by atoms with E-state index >= 15 is 0 Å². The van der Waals surface area contributed by atoms with Crippen molar-refractivity contribution in [3.8, 4) is 5.75 Å². The zero-order chi connectivity index (χ0) is 11.8. The predicted molar refractivity (Wildman–Crippen MR) is 71.1 cm³/mol. The Kier molecular flexibility index (Phi) is 2.76. The monoisotopic (exact) mass is 308 g/mol. The largest absolute Gasteiger partial charge is 0.492 e. The summed E-state index contributed by atoms with van der Waals surface area (Å²) in [5.41, 5.74) is 2.52. The molecular formula is C13H9BrO2S. The van der Waals surface area contributed by atoms with Gasteiger partial charge in [0.1, 0.15) is 5.75 Å². The third kappa shape index (κ3) is 1.91. The molecule has 0 unspecified atom stereocenters. The molecule has 0 saturated heterocycles. The van der Waals surface area contributed by atoms with Gasteiger partial charge in [-0.1, -0.05) is 12.1 Å². The third-order valence-corrected chi connectivity index (χ3v) is 4.29. The minimum absolute atomic E-state index is 0.0331. The number of benzene rings is 1. The Morgan fingerprint density at radius 1 is 1.41 bits per heavy atom. The maximum Gasteiger partial charge on any atom is 0.197 e. The van der Waals surface area contributed by atoms with Crippen LogP contribution in [0.25, 0.3) is 0 Å². The van der Waals surface area contributed by atoms with Crippen LogP contribution in [0, 0.1) is 0 Å². The van der Waals surface area contributed by atoms with Crippen LogP contribution < -0.4 is 4.74 Å². The molecule has 1 aliphatic heterocycles. The molecule has 0 N–H and O–H groups in total. The smallest absolute Gasteiger partial charge is 0.197 e. The Bertz CT molecular complexity index is 589. The summed E-state index contributed by atoms with van der Waals surface area (Å²) in [6, 6.07) is 7.62. The molecule has 0 saturated carbocycles. The molecule has 3 rings (SSSR count). The molecule has 2 aromatic rings. The average molecular weight is 309 g/mol. The number of fused-ring (bicyclic) bond motifs is 1. The van der Waals surface area contributed by atoms with Crippen molar-refractivity contribution in [3.63, 3.8) is 0 Å². The standard InChI is InChI=1S/C13H9BrO2S/c14-11-6-9(7-17-11)12(15)10-3-1-2-8-4-5-16-13(8)10/h1-3,6-7H,4-5H2. The number of hydrogen-bond donors (Lipinski definition) is 0. The molecule has 0 bridgehead atoms. The van der Waals surface area contributed by atoms with E-state index in [-0.39, 0.29) is 5.78 Å². The first-order valence-electron chi connectivity index (χ1n) is 5.29. The lowest BCUT2D eigenvalue weighted by atomic mass is 10.0. The quantitative estimate of drug-likeness (QED) is 0.791. The number of para-hydroxylation sites is 1. The topological polar surface area (TPSA) is 26.3 Å². The van der Waals surface area contributed by atoms with Gasteiger partial charge in [0, 0.05) is 17.4 Å². The molecule has 1 aliphatic rings. The molecule has 1 aromatic heterocycles. The molecule has 86 valence electrons. The van der Waals surface area contributed by atoms with Crippen molar-refractivity contribution >= 4 is 33.0 Å². The molecule has 0 spiro atoms. The summed E-state index contributed by atoms with van der Waals surface area (Å²) < 4.78 is 6.52. The number of hydrogen-bond acceptors (Lipinski definition) is 3. The van der Waals surface area contributed by atoms with Gasteiger partial charge >= 0.3 is 0 Å². The van der Waals surface area contributed by atoms with E-state index in [1.54, 1.807) is 0 Å². The van der Waals surface area contributed by atoms with Gasteiger partial charge in [-0.05, 0) is 33.6 Å². The van der Waals surface area contributed by atoms with Crippen molar-refractivity contribution in [2.24, 2.45) is 0 Å². The van der Waals surface area contributed by atoms with Crippen molar-refractivity contribution < 1.29 is 9.53 Å². The number of carbonyl (C=O) groups is 1. The van der Waals surface area contributed by atoms with Gasteiger partial charge in [0.05, 0.1) is 16.0 Å². The van der Waals surface area contributed by atoms with Crippen LogP contribution in [0.2, 0.25) is 0 Å². The SMILES string of the molecule is O=C(c1csc(Br)c1)c1cccc2c1OCC2. The van der Waals surface area contributed by atoms with Crippen molar-refractivity contribution in [3.05, 3.63) is 50.1 Å². The Hall–Kier alpha value is -1.13. The van der Waals surface area contributed by atoms with Crippen molar-refractivity contribution in [2.75, 3.05) is 6.61 Å². The summed E-state index contributed by atoms with van der Waals surface area (Å²) in [6.45, 7) is 0.674. The highest BCUT2D eigenvalue weighted by Crippen LogP contribution is 2.32. The molecule has 2 heterocycles. The summed E-state index contributed by atoms with van der Waals surface area (Å²) in [5, 5.41) is 1.86. The summed E-state index contributed by atoms with van der Waals surface area (Å²) in [7, 11) is 0. The number of halogens is 1. The average Bonchev–Trinajstić information content (AvgIpc) is 2.95. The fourth-order valence-corrected chi connectivity index (χ4v) is 3.12. The lowest BCUT2D eigenvalue weighted by Gasteiger charge is -2.05. The summed E-state index contributed by atoms with van der Waals surface area (Å²) in [5.74, 6) is 0.797. The summed E-state index contributed by atoms with van der Waals surface area (Å²) >= 11 is 4.89. The van der Waals surface area contributed by atoms with Crippen molar-refractivity contribution in [1.29, 1.82) is 0 Å². The maximum absolute atomic E-state index is 12.3. The fourth-order valence-electron chi connectivity index (χ4n) is 1.98. The van der Waals surface area contributed by atoms with E-state index in [9.17, 15) is 4.79 Å². The molecule has 17 heavy (non-hydrogen) atoms. The molecule has 0 radical (unpaired) electrons. The molecule has 0 aliphatic carbocycles. The lowest BCUT2D eigenvalue weighted by Crippen LogP contribution is -2.02. The van der Waals surface area contributed by atoms with Crippen LogP contribution in [0.4, 0.5) is 0 Å². The second-order valence-corrected chi connectivity index (χ2v) is 6.15. The first-order chi connectivity index (χ1) is 8.25. The number of ketones is 1. The first kappa shape index (κ1) is 11.0. The minimum atomic E-state index is 0.0331. The third-order valence-electron chi connectivity index (χ3n) is 2.79. The van der Waals surface area contributed by atoms with E-state index in [1.165, 1.54) is 11.3 Å². The molecule has 0 atom stereocenters. The van der Waals surface area contributed by atoms with Gasteiger partial charge in [0.2, 0.25) is 0 Å². The second-order valence-electron chi connectivity index (χ2n) is 3.86. The highest BCUT2D eigenvalue weighted by atomic mass is 79.9. The zero-order valence-corrected chi connectivity index (χ0v) is 11.3. The number of ether oxygens (including phenoxy) is 1. The van der Waals surface area contributed by atoms with E-state index < -0.39 is 0 Å². The van der Waals surface area contributed by atoms with Crippen LogP contribution >= 0.6 is 27.3 Å². The minimum Gasteiger partial charge on any atom is -0.492 e. The van der Waals surface area contributed by atoms with Crippen LogP contribution in [-0.2, 0) is 6.42 Å². The van der Waals surface area contributed by atoms with Crippen LogP contribution in [0.5, 0.6) is 5.75 Å². The van der Waals surface area contributed by atoms with E-state index in [0.717, 1.165) is 21.5 Å². The fraction of sp³-hybridized carbons (Fsp3) is 0.154. The van der Waals surface area contributed by atoms with E-state index in [0.29, 0.717) is 17.7 Å². The predicted octanol–water partition coefficient (Wildman–Crippen LogP) is 3.68. The number of thiophene rings is 1. The van der Waals surface area contributed by atoms with E-state index in [4.69, 9.17) is 4.74 Å². The van der Waals surface area contributed by atoms with Crippen LogP contribution in [0.15, 0.2) is 33.4 Å². The van der Waals surface area contributed by atoms with Gasteiger partial charge in [-0.25, -0.2) is 0 Å². The maximum atomic E-state index is 12.3. The van der Waals surface area contributed by atoms with Gasteiger partial charge in [-0.2, -0.15) is 0 Å². The molecule has 0 fully saturated rings. The Morgan fingerprint density at radius 3 is 3.06 bits per heavy atom. The lowest BCUT2D eigenvalue weighted by molar-refractivity contribution is 0.103. The van der Waals surface area contributed by atoms with Gasteiger partial charge in [-0.15, -0.1) is 11.3 Å². The first-order valence-corrected chi connectivity index (χ1v) is 6.96. The van der Waals surface area contributed by atoms with Gasteiger partial charge < -0.3 is 4.74 Å². The van der Waals surface area contributed by atoms with Crippen molar-refractivity contribution in [2.45, 2.75) is 6.42 Å². The summed E-state index contributed by atoms with van der Waals surface area (Å²) in [4.78, 5) is 12.3. The van der Waals surface area contributed by atoms with E-state index in [2.05, 4.69) is 15.9 Å². The highest BCUT2D eigenvalue weighted by Gasteiger charge is 2.21. The zero-order valence-electron chi connectivity index (χ0n) is 8.90. The highest BCUT2D eigenvalue weighted by molar-refractivity contribution is 9.11. The molecule has 1 aromatic carbocycles. The number of carbonyl (C=O) groups excluding carboxylic acids is 1. The van der Waals surface area contributed by atoms with Crippen LogP contribution in [-0.4, -0.2) is 12.4 Å². The molecular weight excluding hydrogens is 300 g/mol. The molecule has 4 heteroatoms.